The van der Waals surface area contributed by atoms with Gasteiger partial charge in [0, 0.05) is 0 Å². The van der Waals surface area contributed by atoms with Crippen molar-refractivity contribution < 1.29 is 19.5 Å². The predicted molar refractivity (Wildman–Crippen MR) is 40.0 cm³/mol. The Bertz CT molecular complexity index is 92.8. The monoisotopic (exact) mass is 187 g/mol. The van der Waals surface area contributed by atoms with E-state index < -0.39 is 0 Å². The van der Waals surface area contributed by atoms with Crippen molar-refractivity contribution >= 4 is 0 Å². The molecule has 10 heavy (non-hydrogen) atoms. The molecule has 1 aromatic rings. The third kappa shape index (κ3) is 15.7. The van der Waals surface area contributed by atoms with Crippen LogP contribution in [0.3, 0.4) is 0 Å². The van der Waals surface area contributed by atoms with E-state index in [9.17, 15) is 0 Å². The van der Waals surface area contributed by atoms with Crippen molar-refractivity contribution in [3.8, 4) is 0 Å². The molecule has 2 heteroatoms. The van der Waals surface area contributed by atoms with Crippen LogP contribution >= 0.6 is 0 Å². The standard InChI is InChI=1S/C4H4N.C4H9.Zn/c1-2-4-5-3-1;1-4(2)3;/h1-4H;1-3H3;/q2*-1;+2. The quantitative estimate of drug-likeness (QED) is 0.450. The summed E-state index contributed by atoms with van der Waals surface area (Å²) in [5.74, 6) is 1.42. The second kappa shape index (κ2) is 8.90. The minimum atomic E-state index is 0. The fourth-order valence-electron chi connectivity index (χ4n) is 0.248. The largest absolute Gasteiger partial charge is 2.00 e. The van der Waals surface area contributed by atoms with Crippen LogP contribution in [0, 0.1) is 5.92 Å². The summed E-state index contributed by atoms with van der Waals surface area (Å²) in [6.07, 6.45) is 3.50. The molecular formula is C8H13NZn. The summed E-state index contributed by atoms with van der Waals surface area (Å²) in [5.41, 5.74) is 0. The molecule has 0 saturated heterocycles. The van der Waals surface area contributed by atoms with Crippen molar-refractivity contribution in [2.24, 2.45) is 0 Å². The number of hydrogen-bond acceptors (Lipinski definition) is 0. The first-order valence-electron chi connectivity index (χ1n) is 3.02. The van der Waals surface area contributed by atoms with Gasteiger partial charge in [0.15, 0.2) is 0 Å². The van der Waals surface area contributed by atoms with E-state index >= 15 is 0 Å². The van der Waals surface area contributed by atoms with Crippen LogP contribution in [0.4, 0.5) is 0 Å². The van der Waals surface area contributed by atoms with Gasteiger partial charge in [-0.3, -0.25) is 0 Å². The van der Waals surface area contributed by atoms with Gasteiger partial charge in [0.05, 0.1) is 0 Å². The molecule has 0 N–H and O–H groups in total. The first-order valence-corrected chi connectivity index (χ1v) is 3.02. The summed E-state index contributed by atoms with van der Waals surface area (Å²) in [5, 5.41) is 0. The molecule has 0 saturated carbocycles. The Kier molecular flexibility index (Phi) is 11.2. The number of rotatable bonds is 0. The van der Waals surface area contributed by atoms with Crippen LogP contribution in [-0.2, 0) is 19.5 Å². The Hall–Kier alpha value is -0.0966. The topological polar surface area (TPSA) is 14.1 Å². The number of hydrogen-bond donors (Lipinski definition) is 0. The maximum atomic E-state index is 3.72. The molecule has 0 aliphatic heterocycles. The summed E-state index contributed by atoms with van der Waals surface area (Å²) in [6.45, 7) is 6.25. The molecule has 0 unspecified atom stereocenters. The smallest absolute Gasteiger partial charge is 0.670 e. The van der Waals surface area contributed by atoms with E-state index in [1.807, 2.05) is 12.1 Å². The zero-order valence-electron chi connectivity index (χ0n) is 6.96. The van der Waals surface area contributed by atoms with Crippen molar-refractivity contribution in [3.05, 3.63) is 30.4 Å². The average Bonchev–Trinajstić information content (AvgIpc) is 2.11. The van der Waals surface area contributed by atoms with Crippen LogP contribution in [0.5, 0.6) is 0 Å². The van der Waals surface area contributed by atoms with Crippen molar-refractivity contribution in [2.75, 3.05) is 0 Å². The Balaban J connectivity index is 0. The molecule has 1 rings (SSSR count). The third-order valence-corrected chi connectivity index (χ3v) is 0.455. The van der Waals surface area contributed by atoms with Crippen molar-refractivity contribution in [2.45, 2.75) is 20.8 Å². The Morgan fingerprint density at radius 2 is 1.30 bits per heavy atom. The van der Waals surface area contributed by atoms with Crippen LogP contribution in [0.2, 0.25) is 0 Å². The average molecular weight is 189 g/mol. The maximum Gasteiger partial charge on any atom is 2.00 e. The SMILES string of the molecule is C[C-](C)C.[Zn+2].c1cc[n-]c1. The Labute approximate surface area is 76.0 Å². The fourth-order valence-corrected chi connectivity index (χ4v) is 0.248. The molecule has 0 aliphatic carbocycles. The fraction of sp³-hybridized carbons (Fsp3) is 0.375. The van der Waals surface area contributed by atoms with Gasteiger partial charge < -0.3 is 10.9 Å². The van der Waals surface area contributed by atoms with Crippen LogP contribution in [0.15, 0.2) is 24.5 Å². The molecule has 0 aromatic carbocycles. The van der Waals surface area contributed by atoms with E-state index in [-0.39, 0.29) is 19.5 Å². The molecule has 52 valence electrons. The maximum absolute atomic E-state index is 3.72. The predicted octanol–water partition coefficient (Wildman–Crippen LogP) is 2.26. The summed E-state index contributed by atoms with van der Waals surface area (Å²) in [6, 6.07) is 3.78. The second-order valence-corrected chi connectivity index (χ2v) is 2.33. The normalized spacial score (nSPS) is 7.60. The van der Waals surface area contributed by atoms with Gasteiger partial charge in [-0.25, -0.2) is 0 Å². The third-order valence-electron chi connectivity index (χ3n) is 0.455. The van der Waals surface area contributed by atoms with Gasteiger partial charge in [-0.1, -0.05) is 12.1 Å². The van der Waals surface area contributed by atoms with E-state index in [0.29, 0.717) is 0 Å². The molecular weight excluding hydrogens is 175 g/mol. The van der Waals surface area contributed by atoms with Crippen molar-refractivity contribution in [1.29, 1.82) is 0 Å². The van der Waals surface area contributed by atoms with Crippen molar-refractivity contribution in [1.82, 2.24) is 4.98 Å². The second-order valence-electron chi connectivity index (χ2n) is 2.33. The first kappa shape index (κ1) is 12.6. The van der Waals surface area contributed by atoms with Gasteiger partial charge in [-0.15, -0.1) is 0 Å². The summed E-state index contributed by atoms with van der Waals surface area (Å²) < 4.78 is 0. The van der Waals surface area contributed by atoms with Gasteiger partial charge in [-0.05, 0) is 0 Å². The Morgan fingerprint density at radius 3 is 1.40 bits per heavy atom. The molecule has 0 atom stereocenters. The first-order chi connectivity index (χ1) is 4.23. The molecule has 0 amide bonds. The van der Waals surface area contributed by atoms with E-state index in [2.05, 4.69) is 25.8 Å². The van der Waals surface area contributed by atoms with E-state index in [4.69, 9.17) is 0 Å². The van der Waals surface area contributed by atoms with Crippen LogP contribution in [-0.4, -0.2) is 0 Å². The molecule has 1 nitrogen and oxygen atoms in total. The molecule has 1 heterocycles. The van der Waals surface area contributed by atoms with E-state index in [1.54, 1.807) is 12.4 Å². The number of aromatic nitrogens is 1. The van der Waals surface area contributed by atoms with Gasteiger partial charge >= 0.3 is 19.5 Å². The summed E-state index contributed by atoms with van der Waals surface area (Å²) in [7, 11) is 0. The van der Waals surface area contributed by atoms with Crippen LogP contribution < -0.4 is 4.98 Å². The molecule has 0 aliphatic rings. The summed E-state index contributed by atoms with van der Waals surface area (Å²) >= 11 is 0. The van der Waals surface area contributed by atoms with E-state index in [1.165, 1.54) is 5.92 Å². The minimum Gasteiger partial charge on any atom is -0.670 e. The van der Waals surface area contributed by atoms with Gasteiger partial charge in [0.1, 0.15) is 0 Å². The van der Waals surface area contributed by atoms with Gasteiger partial charge in [-0.2, -0.15) is 33.2 Å². The zero-order chi connectivity index (χ0) is 7.11. The van der Waals surface area contributed by atoms with Crippen LogP contribution in [0.25, 0.3) is 0 Å². The summed E-state index contributed by atoms with van der Waals surface area (Å²) in [4.78, 5) is 3.72. The molecule has 0 radical (unpaired) electrons. The van der Waals surface area contributed by atoms with Crippen molar-refractivity contribution in [3.63, 3.8) is 0 Å². The van der Waals surface area contributed by atoms with Gasteiger partial charge in [0.2, 0.25) is 0 Å². The molecule has 0 spiro atoms. The molecule has 0 bridgehead atoms. The van der Waals surface area contributed by atoms with E-state index in [0.717, 1.165) is 0 Å². The zero-order valence-corrected chi connectivity index (χ0v) is 9.93. The Morgan fingerprint density at radius 1 is 1.00 bits per heavy atom. The van der Waals surface area contributed by atoms with Crippen LogP contribution in [0.1, 0.15) is 20.8 Å². The molecule has 1 aromatic heterocycles. The number of nitrogens with zero attached hydrogens (tertiary/aromatic N) is 1. The minimum absolute atomic E-state index is 0. The van der Waals surface area contributed by atoms with Gasteiger partial charge in [0.25, 0.3) is 0 Å². The molecule has 0 fully saturated rings.